The lowest BCUT2D eigenvalue weighted by atomic mass is 9.59. The lowest BCUT2D eigenvalue weighted by Gasteiger charge is -2.43. The van der Waals surface area contributed by atoms with Gasteiger partial charge in [0.25, 0.3) is 0 Å². The molecule has 2 rings (SSSR count). The number of carbonyl (C=O) groups excluding carboxylic acids is 2. The Bertz CT molecular complexity index is 318. The fourth-order valence-corrected chi connectivity index (χ4v) is 3.10. The summed E-state index contributed by atoms with van der Waals surface area (Å²) in [5, 5.41) is 0. The molecule has 0 saturated heterocycles. The van der Waals surface area contributed by atoms with Gasteiger partial charge in [-0.15, -0.1) is 0 Å². The molecule has 2 nitrogen and oxygen atoms in total. The smallest absolute Gasteiger partial charge is 0.168 e. The van der Waals surface area contributed by atoms with Gasteiger partial charge in [0.15, 0.2) is 5.78 Å². The van der Waals surface area contributed by atoms with Crippen molar-refractivity contribution in [1.82, 2.24) is 0 Å². The summed E-state index contributed by atoms with van der Waals surface area (Å²) in [6.07, 6.45) is 7.79. The summed E-state index contributed by atoms with van der Waals surface area (Å²) < 4.78 is 0. The molecule has 0 aliphatic heterocycles. The number of hydrogen-bond donors (Lipinski definition) is 0. The molecule has 0 aromatic heterocycles. The molecule has 0 unspecified atom stereocenters. The van der Waals surface area contributed by atoms with Crippen LogP contribution in [-0.2, 0) is 9.59 Å². The van der Waals surface area contributed by atoms with E-state index in [-0.39, 0.29) is 11.7 Å². The van der Waals surface area contributed by atoms with Crippen molar-refractivity contribution in [2.75, 3.05) is 0 Å². The van der Waals surface area contributed by atoms with Gasteiger partial charge in [0, 0.05) is 0 Å². The Morgan fingerprint density at radius 2 is 2.20 bits per heavy atom. The van der Waals surface area contributed by atoms with Gasteiger partial charge in [-0.25, -0.2) is 0 Å². The third kappa shape index (κ3) is 1.56. The predicted molar refractivity (Wildman–Crippen MR) is 58.3 cm³/mol. The van der Waals surface area contributed by atoms with Crippen LogP contribution >= 0.6 is 0 Å². The molecule has 0 bridgehead atoms. The first-order valence-electron chi connectivity index (χ1n) is 5.77. The van der Waals surface area contributed by atoms with Gasteiger partial charge in [-0.3, -0.25) is 4.79 Å². The molecule has 82 valence electrons. The first-order valence-corrected chi connectivity index (χ1v) is 5.77. The Labute approximate surface area is 90.7 Å². The Morgan fingerprint density at radius 3 is 2.87 bits per heavy atom. The number of rotatable bonds is 1. The molecule has 0 heterocycles. The second-order valence-corrected chi connectivity index (χ2v) is 5.31. The fraction of sp³-hybridized carbons (Fsp3) is 0.692. The second kappa shape index (κ2) is 3.58. The van der Waals surface area contributed by atoms with Crippen molar-refractivity contribution in [3.8, 4) is 0 Å². The minimum atomic E-state index is -0.750. The summed E-state index contributed by atoms with van der Waals surface area (Å²) in [5.74, 6) is 1.39. The maximum atomic E-state index is 11.8. The Balaban J connectivity index is 2.32. The van der Waals surface area contributed by atoms with E-state index in [2.05, 4.69) is 6.92 Å². The van der Waals surface area contributed by atoms with Gasteiger partial charge < -0.3 is 4.79 Å². The van der Waals surface area contributed by atoms with Gasteiger partial charge in [0.2, 0.25) is 0 Å². The van der Waals surface area contributed by atoms with E-state index in [1.165, 1.54) is 0 Å². The van der Waals surface area contributed by atoms with Crippen molar-refractivity contribution in [3.63, 3.8) is 0 Å². The van der Waals surface area contributed by atoms with Gasteiger partial charge in [0.05, 0.1) is 5.41 Å². The van der Waals surface area contributed by atoms with Crippen molar-refractivity contribution < 1.29 is 9.59 Å². The van der Waals surface area contributed by atoms with Gasteiger partial charge >= 0.3 is 0 Å². The largest absolute Gasteiger partial charge is 0.302 e. The summed E-state index contributed by atoms with van der Waals surface area (Å²) in [6.45, 7) is 4.05. The van der Waals surface area contributed by atoms with Gasteiger partial charge in [-0.2, -0.15) is 0 Å². The number of hydrogen-bond acceptors (Lipinski definition) is 2. The van der Waals surface area contributed by atoms with E-state index in [4.69, 9.17) is 0 Å². The first-order chi connectivity index (χ1) is 7.08. The van der Waals surface area contributed by atoms with Gasteiger partial charge in [0.1, 0.15) is 6.29 Å². The Kier molecular flexibility index (Phi) is 2.53. The van der Waals surface area contributed by atoms with E-state index in [9.17, 15) is 9.59 Å². The van der Waals surface area contributed by atoms with Crippen LogP contribution in [-0.4, -0.2) is 12.1 Å². The molecule has 0 radical (unpaired) electrons. The molecule has 1 saturated carbocycles. The molecule has 2 aliphatic rings. The summed E-state index contributed by atoms with van der Waals surface area (Å²) in [5.41, 5.74) is -0.750. The molecule has 2 aliphatic carbocycles. The van der Waals surface area contributed by atoms with Gasteiger partial charge in [-0.05, 0) is 43.6 Å². The van der Waals surface area contributed by atoms with Crippen molar-refractivity contribution in [2.24, 2.45) is 23.2 Å². The molecular formula is C13H18O2. The number of aldehydes is 1. The number of carbonyl (C=O) groups is 2. The van der Waals surface area contributed by atoms with Crippen LogP contribution in [0.3, 0.4) is 0 Å². The third-order valence-electron chi connectivity index (χ3n) is 4.20. The molecule has 0 aromatic rings. The van der Waals surface area contributed by atoms with Crippen LogP contribution in [0.2, 0.25) is 0 Å². The average molecular weight is 206 g/mol. The van der Waals surface area contributed by atoms with E-state index in [1.807, 2.05) is 6.08 Å². The van der Waals surface area contributed by atoms with Crippen LogP contribution in [0.15, 0.2) is 12.2 Å². The molecule has 0 aromatic carbocycles. The number of fused-ring (bicyclic) bond motifs is 1. The quantitative estimate of drug-likeness (QED) is 0.487. The minimum Gasteiger partial charge on any atom is -0.302 e. The fourth-order valence-electron chi connectivity index (χ4n) is 3.10. The van der Waals surface area contributed by atoms with Crippen LogP contribution in [0, 0.1) is 23.2 Å². The van der Waals surface area contributed by atoms with Crippen LogP contribution in [0.1, 0.15) is 33.1 Å². The molecule has 1 fully saturated rings. The molecule has 0 N–H and O–H groups in total. The zero-order valence-electron chi connectivity index (χ0n) is 9.40. The summed E-state index contributed by atoms with van der Waals surface area (Å²) in [6, 6.07) is 0. The maximum absolute atomic E-state index is 11.8. The zero-order chi connectivity index (χ0) is 11.1. The van der Waals surface area contributed by atoms with E-state index in [0.29, 0.717) is 5.92 Å². The lowest BCUT2D eigenvalue weighted by Crippen LogP contribution is -2.45. The highest BCUT2D eigenvalue weighted by Crippen LogP contribution is 2.46. The molecule has 15 heavy (non-hydrogen) atoms. The first kappa shape index (κ1) is 10.6. The van der Waals surface area contributed by atoms with Crippen LogP contribution < -0.4 is 0 Å². The zero-order valence-corrected chi connectivity index (χ0v) is 9.40. The van der Waals surface area contributed by atoms with Crippen molar-refractivity contribution in [2.45, 2.75) is 33.1 Å². The van der Waals surface area contributed by atoms with E-state index < -0.39 is 5.41 Å². The summed E-state index contributed by atoms with van der Waals surface area (Å²) >= 11 is 0. The molecular weight excluding hydrogens is 188 g/mol. The highest BCUT2D eigenvalue weighted by Gasteiger charge is 2.47. The third-order valence-corrected chi connectivity index (χ3v) is 4.20. The molecule has 0 amide bonds. The van der Waals surface area contributed by atoms with Gasteiger partial charge in [-0.1, -0.05) is 19.4 Å². The Morgan fingerprint density at radius 1 is 1.47 bits per heavy atom. The summed E-state index contributed by atoms with van der Waals surface area (Å²) in [7, 11) is 0. The predicted octanol–water partition coefficient (Wildman–Crippen LogP) is 2.38. The molecule has 0 spiro atoms. The van der Waals surface area contributed by atoms with Crippen molar-refractivity contribution >= 4 is 12.1 Å². The van der Waals surface area contributed by atoms with Crippen molar-refractivity contribution in [3.05, 3.63) is 12.2 Å². The van der Waals surface area contributed by atoms with E-state index in [1.54, 1.807) is 13.0 Å². The monoisotopic (exact) mass is 206 g/mol. The lowest BCUT2D eigenvalue weighted by molar-refractivity contribution is -0.136. The highest BCUT2D eigenvalue weighted by molar-refractivity contribution is 6.05. The minimum absolute atomic E-state index is 0.00620. The average Bonchev–Trinajstić information content (AvgIpc) is 2.23. The SMILES string of the molecule is C[C@H]1CC[C@H]2[C@@H](C=CC(=O)[C@]2(C)C=O)C1. The highest BCUT2D eigenvalue weighted by atomic mass is 16.1. The van der Waals surface area contributed by atoms with Crippen molar-refractivity contribution in [1.29, 1.82) is 0 Å². The van der Waals surface area contributed by atoms with Crippen LogP contribution in [0.4, 0.5) is 0 Å². The second-order valence-electron chi connectivity index (χ2n) is 5.31. The molecule has 2 heteroatoms. The maximum Gasteiger partial charge on any atom is 0.168 e. The Hall–Kier alpha value is -0.920. The molecule has 4 atom stereocenters. The topological polar surface area (TPSA) is 34.1 Å². The van der Waals surface area contributed by atoms with E-state index >= 15 is 0 Å². The van der Waals surface area contributed by atoms with Crippen LogP contribution in [0.5, 0.6) is 0 Å². The summed E-state index contributed by atoms with van der Waals surface area (Å²) in [4.78, 5) is 22.9. The number of ketones is 1. The number of allylic oxidation sites excluding steroid dienone is 2. The standard InChI is InChI=1S/C13H18O2/c1-9-3-5-11-10(7-9)4-6-12(15)13(11,2)8-14/h4,6,8-11H,3,5,7H2,1-2H3/t9-,10-,11-,13+/m0/s1. The van der Waals surface area contributed by atoms with Crippen LogP contribution in [0.25, 0.3) is 0 Å². The normalized spacial score (nSPS) is 44.9. The van der Waals surface area contributed by atoms with E-state index in [0.717, 1.165) is 31.5 Å².